The van der Waals surface area contributed by atoms with E-state index in [-0.39, 0.29) is 5.41 Å². The zero-order valence-corrected chi connectivity index (χ0v) is 13.2. The smallest absolute Gasteiger partial charge is 0.122 e. The Hall–Kier alpha value is -1.06. The third kappa shape index (κ3) is 3.74. The minimum Gasteiger partial charge on any atom is -0.496 e. The van der Waals surface area contributed by atoms with Crippen LogP contribution in [0.2, 0.25) is 0 Å². The monoisotopic (exact) mass is 277 g/mol. The normalized spacial score (nSPS) is 23.6. The number of ether oxygens (including phenoxy) is 2. The molecule has 3 heteroatoms. The lowest BCUT2D eigenvalue weighted by Crippen LogP contribution is -2.34. The van der Waals surface area contributed by atoms with E-state index in [1.807, 2.05) is 0 Å². The average molecular weight is 277 g/mol. The summed E-state index contributed by atoms with van der Waals surface area (Å²) in [6.07, 6.45) is 0.976. The van der Waals surface area contributed by atoms with Crippen molar-refractivity contribution in [2.24, 2.45) is 5.41 Å². The first-order valence-corrected chi connectivity index (χ1v) is 7.49. The summed E-state index contributed by atoms with van der Waals surface area (Å²) in [5.41, 5.74) is 2.78. The SMILES string of the molecule is COc1ccc(C(C)C)cc1CC1(C)CNCCOC1. The zero-order valence-electron chi connectivity index (χ0n) is 13.2. The van der Waals surface area contributed by atoms with Crippen LogP contribution in [-0.4, -0.2) is 33.4 Å². The van der Waals surface area contributed by atoms with Crippen molar-refractivity contribution in [3.63, 3.8) is 0 Å². The van der Waals surface area contributed by atoms with Crippen LogP contribution in [0, 0.1) is 5.41 Å². The van der Waals surface area contributed by atoms with Crippen molar-refractivity contribution in [2.75, 3.05) is 33.4 Å². The first-order chi connectivity index (χ1) is 9.54. The van der Waals surface area contributed by atoms with Crippen LogP contribution < -0.4 is 10.1 Å². The predicted octanol–water partition coefficient (Wildman–Crippen LogP) is 2.99. The zero-order chi connectivity index (χ0) is 14.6. The molecular weight excluding hydrogens is 250 g/mol. The van der Waals surface area contributed by atoms with Gasteiger partial charge in [0.1, 0.15) is 5.75 Å². The summed E-state index contributed by atoms with van der Waals surface area (Å²) in [5, 5.41) is 3.47. The van der Waals surface area contributed by atoms with Crippen molar-refractivity contribution in [3.8, 4) is 5.75 Å². The highest BCUT2D eigenvalue weighted by molar-refractivity contribution is 5.39. The standard InChI is InChI=1S/C17H27NO2/c1-13(2)14-5-6-16(19-4)15(9-14)10-17(3)11-18-7-8-20-12-17/h5-6,9,13,18H,7-8,10-12H2,1-4H3. The van der Waals surface area contributed by atoms with Crippen molar-refractivity contribution in [2.45, 2.75) is 33.1 Å². The first-order valence-electron chi connectivity index (χ1n) is 7.49. The molecule has 0 bridgehead atoms. The molecule has 0 amide bonds. The molecule has 0 aromatic heterocycles. The van der Waals surface area contributed by atoms with Crippen LogP contribution in [0.1, 0.15) is 37.8 Å². The van der Waals surface area contributed by atoms with Gasteiger partial charge in [0.05, 0.1) is 20.3 Å². The van der Waals surface area contributed by atoms with Gasteiger partial charge in [0.15, 0.2) is 0 Å². The van der Waals surface area contributed by atoms with Crippen LogP contribution in [0.25, 0.3) is 0 Å². The lowest BCUT2D eigenvalue weighted by Gasteiger charge is -2.28. The van der Waals surface area contributed by atoms with E-state index in [9.17, 15) is 0 Å². The molecule has 1 saturated heterocycles. The molecule has 0 radical (unpaired) electrons. The highest BCUT2D eigenvalue weighted by Crippen LogP contribution is 2.31. The summed E-state index contributed by atoms with van der Waals surface area (Å²) < 4.78 is 11.3. The number of hydrogen-bond acceptors (Lipinski definition) is 3. The first kappa shape index (κ1) is 15.3. The van der Waals surface area contributed by atoms with Crippen LogP contribution in [-0.2, 0) is 11.2 Å². The van der Waals surface area contributed by atoms with Gasteiger partial charge in [-0.15, -0.1) is 0 Å². The molecule has 1 aromatic rings. The summed E-state index contributed by atoms with van der Waals surface area (Å²) in [7, 11) is 1.75. The number of hydrogen-bond donors (Lipinski definition) is 1. The third-order valence-electron chi connectivity index (χ3n) is 4.01. The Balaban J connectivity index is 2.23. The molecule has 1 atom stereocenters. The number of methoxy groups -OCH3 is 1. The van der Waals surface area contributed by atoms with Gasteiger partial charge in [-0.25, -0.2) is 0 Å². The van der Waals surface area contributed by atoms with Crippen LogP contribution in [0.4, 0.5) is 0 Å². The van der Waals surface area contributed by atoms with Crippen LogP contribution in [0.5, 0.6) is 5.75 Å². The minimum absolute atomic E-state index is 0.124. The second kappa shape index (κ2) is 6.59. The van der Waals surface area contributed by atoms with Gasteiger partial charge in [-0.1, -0.05) is 32.9 Å². The molecule has 0 aliphatic carbocycles. The molecule has 112 valence electrons. The fourth-order valence-electron chi connectivity index (χ4n) is 2.77. The summed E-state index contributed by atoms with van der Waals surface area (Å²) >= 11 is 0. The van der Waals surface area contributed by atoms with Gasteiger partial charge in [0.2, 0.25) is 0 Å². The van der Waals surface area contributed by atoms with Gasteiger partial charge in [-0.3, -0.25) is 0 Å². The van der Waals surface area contributed by atoms with E-state index >= 15 is 0 Å². The summed E-state index contributed by atoms with van der Waals surface area (Å²) in [6.45, 7) is 10.3. The molecule has 1 unspecified atom stereocenters. The van der Waals surface area contributed by atoms with Crippen LogP contribution in [0.3, 0.4) is 0 Å². The van der Waals surface area contributed by atoms with Crippen molar-refractivity contribution in [1.29, 1.82) is 0 Å². The molecule has 1 aliphatic heterocycles. The Morgan fingerprint density at radius 2 is 2.20 bits per heavy atom. The molecule has 1 fully saturated rings. The highest BCUT2D eigenvalue weighted by atomic mass is 16.5. The van der Waals surface area contributed by atoms with Gasteiger partial charge < -0.3 is 14.8 Å². The lowest BCUT2D eigenvalue weighted by atomic mass is 9.83. The molecule has 1 N–H and O–H groups in total. The molecule has 0 spiro atoms. The number of rotatable bonds is 4. The Morgan fingerprint density at radius 3 is 2.90 bits per heavy atom. The molecule has 1 heterocycles. The maximum absolute atomic E-state index is 5.73. The summed E-state index contributed by atoms with van der Waals surface area (Å²) in [6, 6.07) is 6.55. The Morgan fingerprint density at radius 1 is 1.40 bits per heavy atom. The quantitative estimate of drug-likeness (QED) is 0.918. The second-order valence-corrected chi connectivity index (χ2v) is 6.44. The van der Waals surface area contributed by atoms with Gasteiger partial charge >= 0.3 is 0 Å². The number of nitrogens with one attached hydrogen (secondary N) is 1. The molecule has 20 heavy (non-hydrogen) atoms. The predicted molar refractivity (Wildman–Crippen MR) is 82.6 cm³/mol. The third-order valence-corrected chi connectivity index (χ3v) is 4.01. The molecule has 0 saturated carbocycles. The Kier molecular flexibility index (Phi) is 5.06. The van der Waals surface area contributed by atoms with Crippen LogP contribution in [0.15, 0.2) is 18.2 Å². The molecule has 1 aliphatic rings. The maximum atomic E-state index is 5.73. The highest BCUT2D eigenvalue weighted by Gasteiger charge is 2.28. The van der Waals surface area contributed by atoms with E-state index in [1.54, 1.807) is 7.11 Å². The van der Waals surface area contributed by atoms with Crippen molar-refractivity contribution < 1.29 is 9.47 Å². The number of benzene rings is 1. The lowest BCUT2D eigenvalue weighted by molar-refractivity contribution is 0.0792. The van der Waals surface area contributed by atoms with Gasteiger partial charge in [0.25, 0.3) is 0 Å². The fraction of sp³-hybridized carbons (Fsp3) is 0.647. The van der Waals surface area contributed by atoms with E-state index in [4.69, 9.17) is 9.47 Å². The topological polar surface area (TPSA) is 30.5 Å². The van der Waals surface area contributed by atoms with Gasteiger partial charge in [0, 0.05) is 18.5 Å². The largest absolute Gasteiger partial charge is 0.496 e. The molecule has 1 aromatic carbocycles. The van der Waals surface area contributed by atoms with E-state index < -0.39 is 0 Å². The fourth-order valence-corrected chi connectivity index (χ4v) is 2.77. The maximum Gasteiger partial charge on any atom is 0.122 e. The van der Waals surface area contributed by atoms with E-state index in [2.05, 4.69) is 44.3 Å². The van der Waals surface area contributed by atoms with Crippen molar-refractivity contribution in [1.82, 2.24) is 5.32 Å². The molecular formula is C17H27NO2. The van der Waals surface area contributed by atoms with Crippen LogP contribution >= 0.6 is 0 Å². The Bertz CT molecular complexity index is 435. The van der Waals surface area contributed by atoms with Crippen molar-refractivity contribution in [3.05, 3.63) is 29.3 Å². The summed E-state index contributed by atoms with van der Waals surface area (Å²) in [4.78, 5) is 0. The average Bonchev–Trinajstić information content (AvgIpc) is 2.63. The minimum atomic E-state index is 0.124. The van der Waals surface area contributed by atoms with E-state index in [1.165, 1.54) is 11.1 Å². The molecule has 3 nitrogen and oxygen atoms in total. The van der Waals surface area contributed by atoms with Gasteiger partial charge in [-0.2, -0.15) is 0 Å². The molecule has 2 rings (SSSR count). The Labute approximate surface area is 122 Å². The summed E-state index contributed by atoms with van der Waals surface area (Å²) in [5.74, 6) is 1.52. The van der Waals surface area contributed by atoms with E-state index in [0.717, 1.165) is 38.5 Å². The van der Waals surface area contributed by atoms with Gasteiger partial charge in [-0.05, 0) is 29.5 Å². The second-order valence-electron chi connectivity index (χ2n) is 6.44. The van der Waals surface area contributed by atoms with E-state index in [0.29, 0.717) is 5.92 Å². The van der Waals surface area contributed by atoms with Crippen molar-refractivity contribution >= 4 is 0 Å².